The van der Waals surface area contributed by atoms with Crippen molar-refractivity contribution < 1.29 is 9.05 Å². The summed E-state index contributed by atoms with van der Waals surface area (Å²) in [5.41, 5.74) is 1.24. The first-order valence-corrected chi connectivity index (χ1v) is 6.27. The van der Waals surface area contributed by atoms with Crippen LogP contribution in [0.2, 0.25) is 0 Å². The van der Waals surface area contributed by atoms with Crippen LogP contribution >= 0.6 is 8.38 Å². The van der Waals surface area contributed by atoms with E-state index in [2.05, 4.69) is 13.8 Å². The Labute approximate surface area is 87.2 Å². The lowest BCUT2D eigenvalue weighted by Gasteiger charge is -2.15. The molecule has 0 N–H and O–H groups in total. The van der Waals surface area contributed by atoms with Gasteiger partial charge in [0.1, 0.15) is 5.75 Å². The normalized spacial score (nSPS) is 12.5. The topological polar surface area (TPSA) is 18.5 Å². The molecule has 0 radical (unpaired) electrons. The van der Waals surface area contributed by atoms with E-state index in [0.29, 0.717) is 6.61 Å². The molecule has 0 heterocycles. The van der Waals surface area contributed by atoms with Crippen molar-refractivity contribution in [3.63, 3.8) is 0 Å². The highest BCUT2D eigenvalue weighted by molar-refractivity contribution is 7.47. The zero-order chi connectivity index (χ0) is 10.4. The largest absolute Gasteiger partial charge is 0.447 e. The molecule has 0 aromatic heterocycles. The number of benzene rings is 1. The molecule has 0 aliphatic carbocycles. The SMILES string of the molecule is CCOP(CC)Oc1ccc(C)cc1. The summed E-state index contributed by atoms with van der Waals surface area (Å²) in [5, 5.41) is 0. The molecular formula is C11H17O2P. The number of aryl methyl sites for hydroxylation is 1. The third kappa shape index (κ3) is 3.65. The Kier molecular flexibility index (Phi) is 4.92. The Balaban J connectivity index is 2.53. The highest BCUT2D eigenvalue weighted by Gasteiger charge is 2.07. The van der Waals surface area contributed by atoms with Gasteiger partial charge in [0, 0.05) is 6.16 Å². The van der Waals surface area contributed by atoms with Crippen molar-refractivity contribution in [2.45, 2.75) is 20.8 Å². The molecule has 14 heavy (non-hydrogen) atoms. The fourth-order valence-corrected chi connectivity index (χ4v) is 2.05. The molecule has 0 spiro atoms. The van der Waals surface area contributed by atoms with E-state index in [1.54, 1.807) is 0 Å². The molecule has 1 atom stereocenters. The maximum atomic E-state index is 5.70. The molecule has 0 fully saturated rings. The first kappa shape index (κ1) is 11.5. The van der Waals surface area contributed by atoms with E-state index < -0.39 is 8.38 Å². The summed E-state index contributed by atoms with van der Waals surface area (Å²) < 4.78 is 11.2. The first-order valence-electron chi connectivity index (χ1n) is 4.91. The zero-order valence-electron chi connectivity index (χ0n) is 8.99. The van der Waals surface area contributed by atoms with Gasteiger partial charge in [-0.2, -0.15) is 0 Å². The summed E-state index contributed by atoms with van der Waals surface area (Å²) >= 11 is 0. The number of hydrogen-bond acceptors (Lipinski definition) is 2. The van der Waals surface area contributed by atoms with Gasteiger partial charge in [-0.05, 0) is 26.0 Å². The van der Waals surface area contributed by atoms with Gasteiger partial charge in [0.15, 0.2) is 0 Å². The summed E-state index contributed by atoms with van der Waals surface area (Å²) in [5.74, 6) is 0.900. The van der Waals surface area contributed by atoms with Crippen molar-refractivity contribution in [2.75, 3.05) is 12.8 Å². The molecule has 1 aromatic carbocycles. The number of hydrogen-bond donors (Lipinski definition) is 0. The standard InChI is InChI=1S/C11H17O2P/c1-4-12-14(5-2)13-11-8-6-10(3)7-9-11/h6-9H,4-5H2,1-3H3. The van der Waals surface area contributed by atoms with Gasteiger partial charge in [0.05, 0.1) is 6.61 Å². The molecule has 0 bridgehead atoms. The maximum Gasteiger partial charge on any atom is 0.229 e. The molecule has 78 valence electrons. The third-order valence-corrected chi connectivity index (χ3v) is 3.24. The highest BCUT2D eigenvalue weighted by Crippen LogP contribution is 2.38. The summed E-state index contributed by atoms with van der Waals surface area (Å²) in [6.45, 7) is 6.85. The predicted molar refractivity (Wildman–Crippen MR) is 60.9 cm³/mol. The maximum absolute atomic E-state index is 5.70. The molecule has 0 aliphatic heterocycles. The van der Waals surface area contributed by atoms with Crippen molar-refractivity contribution in [1.29, 1.82) is 0 Å². The van der Waals surface area contributed by atoms with Crippen LogP contribution in [-0.2, 0) is 4.52 Å². The van der Waals surface area contributed by atoms with E-state index in [9.17, 15) is 0 Å². The second kappa shape index (κ2) is 6.00. The molecule has 1 unspecified atom stereocenters. The molecule has 0 saturated carbocycles. The molecule has 0 amide bonds. The van der Waals surface area contributed by atoms with E-state index in [4.69, 9.17) is 9.05 Å². The van der Waals surface area contributed by atoms with Crippen LogP contribution in [0.3, 0.4) is 0 Å². The van der Waals surface area contributed by atoms with Gasteiger partial charge in [-0.3, -0.25) is 0 Å². The average molecular weight is 212 g/mol. The van der Waals surface area contributed by atoms with Crippen molar-refractivity contribution >= 4 is 8.38 Å². The lowest BCUT2D eigenvalue weighted by molar-refractivity contribution is 0.334. The Morgan fingerprint density at radius 2 is 1.79 bits per heavy atom. The second-order valence-corrected chi connectivity index (χ2v) is 4.71. The van der Waals surface area contributed by atoms with Crippen LogP contribution in [0.15, 0.2) is 24.3 Å². The molecular weight excluding hydrogens is 195 g/mol. The summed E-state index contributed by atoms with van der Waals surface area (Å²) in [4.78, 5) is 0. The van der Waals surface area contributed by atoms with Gasteiger partial charge >= 0.3 is 0 Å². The van der Waals surface area contributed by atoms with Gasteiger partial charge in [-0.25, -0.2) is 0 Å². The average Bonchev–Trinajstić information content (AvgIpc) is 2.20. The summed E-state index contributed by atoms with van der Waals surface area (Å²) in [7, 11) is -0.744. The molecule has 2 nitrogen and oxygen atoms in total. The van der Waals surface area contributed by atoms with Crippen molar-refractivity contribution in [3.05, 3.63) is 29.8 Å². The number of rotatable bonds is 5. The van der Waals surface area contributed by atoms with Gasteiger partial charge < -0.3 is 9.05 Å². The van der Waals surface area contributed by atoms with Crippen LogP contribution in [0.25, 0.3) is 0 Å². The summed E-state index contributed by atoms with van der Waals surface area (Å²) in [6.07, 6.45) is 0.928. The Morgan fingerprint density at radius 3 is 2.29 bits per heavy atom. The lowest BCUT2D eigenvalue weighted by Crippen LogP contribution is -1.94. The lowest BCUT2D eigenvalue weighted by atomic mass is 10.2. The molecule has 0 saturated heterocycles. The smallest absolute Gasteiger partial charge is 0.229 e. The van der Waals surface area contributed by atoms with E-state index in [0.717, 1.165) is 11.9 Å². The van der Waals surface area contributed by atoms with Crippen LogP contribution in [0.4, 0.5) is 0 Å². The van der Waals surface area contributed by atoms with E-state index in [-0.39, 0.29) is 0 Å². The van der Waals surface area contributed by atoms with Crippen LogP contribution in [0.5, 0.6) is 5.75 Å². The molecule has 3 heteroatoms. The van der Waals surface area contributed by atoms with E-state index in [1.807, 2.05) is 31.2 Å². The van der Waals surface area contributed by atoms with E-state index in [1.165, 1.54) is 5.56 Å². The van der Waals surface area contributed by atoms with Gasteiger partial charge in [-0.1, -0.05) is 24.6 Å². The minimum Gasteiger partial charge on any atom is -0.447 e. The Hall–Kier alpha value is -0.590. The minimum absolute atomic E-state index is 0.714. The van der Waals surface area contributed by atoms with Gasteiger partial charge in [0.2, 0.25) is 8.38 Å². The van der Waals surface area contributed by atoms with Crippen molar-refractivity contribution in [2.24, 2.45) is 0 Å². The van der Waals surface area contributed by atoms with Gasteiger partial charge in [-0.15, -0.1) is 0 Å². The first-order chi connectivity index (χ1) is 6.76. The van der Waals surface area contributed by atoms with Crippen molar-refractivity contribution in [3.8, 4) is 5.75 Å². The van der Waals surface area contributed by atoms with E-state index >= 15 is 0 Å². The third-order valence-electron chi connectivity index (χ3n) is 1.76. The Morgan fingerprint density at radius 1 is 1.14 bits per heavy atom. The minimum atomic E-state index is -0.744. The monoisotopic (exact) mass is 212 g/mol. The zero-order valence-corrected chi connectivity index (χ0v) is 9.88. The van der Waals surface area contributed by atoms with Crippen LogP contribution in [0, 0.1) is 6.92 Å². The molecule has 1 rings (SSSR count). The fourth-order valence-electron chi connectivity index (χ4n) is 1.04. The fraction of sp³-hybridized carbons (Fsp3) is 0.455. The van der Waals surface area contributed by atoms with Gasteiger partial charge in [0.25, 0.3) is 0 Å². The second-order valence-electron chi connectivity index (χ2n) is 2.97. The quantitative estimate of drug-likeness (QED) is 0.692. The Bertz CT molecular complexity index is 258. The predicted octanol–water partition coefficient (Wildman–Crippen LogP) is 3.74. The molecule has 1 aromatic rings. The summed E-state index contributed by atoms with van der Waals surface area (Å²) in [6, 6.07) is 8.06. The van der Waals surface area contributed by atoms with Crippen LogP contribution < -0.4 is 4.52 Å². The molecule has 0 aliphatic rings. The van der Waals surface area contributed by atoms with Crippen LogP contribution in [0.1, 0.15) is 19.4 Å². The van der Waals surface area contributed by atoms with Crippen molar-refractivity contribution in [1.82, 2.24) is 0 Å². The van der Waals surface area contributed by atoms with Crippen LogP contribution in [-0.4, -0.2) is 12.8 Å². The highest BCUT2D eigenvalue weighted by atomic mass is 31.2.